The van der Waals surface area contributed by atoms with Crippen molar-refractivity contribution in [3.8, 4) is 11.5 Å². The lowest BCUT2D eigenvalue weighted by Gasteiger charge is -2.26. The molecule has 0 amide bonds. The van der Waals surface area contributed by atoms with Crippen LogP contribution in [0.4, 0.5) is 4.39 Å². The Hall–Kier alpha value is -2.57. The number of fused-ring (bicyclic) bond motifs is 2. The Balaban J connectivity index is 1.40. The number of benzene rings is 2. The van der Waals surface area contributed by atoms with Crippen molar-refractivity contribution < 1.29 is 14.2 Å². The van der Waals surface area contributed by atoms with E-state index in [1.165, 1.54) is 18.6 Å². The molecule has 2 aromatic carbocycles. The number of hydrogen-bond acceptors (Lipinski definition) is 5. The van der Waals surface area contributed by atoms with Crippen molar-refractivity contribution in [3.05, 3.63) is 59.5 Å². The van der Waals surface area contributed by atoms with Gasteiger partial charge in [0.25, 0.3) is 0 Å². The highest BCUT2D eigenvalue weighted by Crippen LogP contribution is 2.34. The molecule has 1 N–H and O–H groups in total. The molecule has 2 atom stereocenters. The van der Waals surface area contributed by atoms with E-state index in [-0.39, 0.29) is 11.9 Å². The Labute approximate surface area is 172 Å². The van der Waals surface area contributed by atoms with E-state index in [1.54, 1.807) is 29.7 Å². The first kappa shape index (κ1) is 18.5. The number of aliphatic hydroxyl groups excluding tert-OH is 1. The number of thiazole rings is 1. The highest BCUT2D eigenvalue weighted by Gasteiger charge is 2.24. The van der Waals surface area contributed by atoms with Gasteiger partial charge in [-0.05, 0) is 49.1 Å². The van der Waals surface area contributed by atoms with E-state index in [4.69, 9.17) is 9.72 Å². The average Bonchev–Trinajstić information content (AvgIpc) is 3.11. The molecular formula is C23H21FN2O2S. The molecule has 4 aromatic rings. The van der Waals surface area contributed by atoms with Crippen LogP contribution >= 0.6 is 11.3 Å². The summed E-state index contributed by atoms with van der Waals surface area (Å²) in [5.74, 6) is 1.35. The molecule has 6 heteroatoms. The van der Waals surface area contributed by atoms with Crippen molar-refractivity contribution in [3.63, 3.8) is 0 Å². The number of ether oxygens (including phenoxy) is 1. The minimum atomic E-state index is -0.316. The molecule has 4 nitrogen and oxygen atoms in total. The van der Waals surface area contributed by atoms with Gasteiger partial charge in [0, 0.05) is 30.1 Å². The Morgan fingerprint density at radius 2 is 1.97 bits per heavy atom. The molecule has 1 aliphatic carbocycles. The number of halogens is 1. The van der Waals surface area contributed by atoms with Crippen LogP contribution in [0.3, 0.4) is 0 Å². The highest BCUT2D eigenvalue weighted by molar-refractivity contribution is 7.18. The second-order valence-corrected chi connectivity index (χ2v) is 8.74. The number of rotatable bonds is 4. The fraction of sp³-hybridized carbons (Fsp3) is 0.304. The van der Waals surface area contributed by atoms with E-state index in [2.05, 4.69) is 4.98 Å². The van der Waals surface area contributed by atoms with E-state index in [9.17, 15) is 9.50 Å². The smallest absolute Gasteiger partial charge is 0.138 e. The third kappa shape index (κ3) is 3.82. The van der Waals surface area contributed by atoms with E-state index in [0.717, 1.165) is 46.3 Å². The second kappa shape index (κ2) is 7.69. The molecular weight excluding hydrogens is 387 g/mol. The summed E-state index contributed by atoms with van der Waals surface area (Å²) >= 11 is 1.66. The fourth-order valence-electron chi connectivity index (χ4n) is 4.06. The Morgan fingerprint density at radius 3 is 2.86 bits per heavy atom. The topological polar surface area (TPSA) is 55.2 Å². The van der Waals surface area contributed by atoms with Crippen LogP contribution in [-0.4, -0.2) is 21.2 Å². The second-order valence-electron chi connectivity index (χ2n) is 7.63. The van der Waals surface area contributed by atoms with Crippen molar-refractivity contribution in [2.45, 2.75) is 38.2 Å². The van der Waals surface area contributed by atoms with Crippen molar-refractivity contribution in [1.29, 1.82) is 0 Å². The number of aliphatic hydroxyl groups is 1. The van der Waals surface area contributed by atoms with Gasteiger partial charge in [-0.25, -0.2) is 9.37 Å². The fourth-order valence-corrected chi connectivity index (χ4v) is 5.15. The quantitative estimate of drug-likeness (QED) is 0.459. The van der Waals surface area contributed by atoms with Crippen molar-refractivity contribution in [2.24, 2.45) is 5.92 Å². The van der Waals surface area contributed by atoms with Gasteiger partial charge in [0.1, 0.15) is 17.3 Å². The van der Waals surface area contributed by atoms with Gasteiger partial charge in [-0.2, -0.15) is 0 Å². The summed E-state index contributed by atoms with van der Waals surface area (Å²) in [4.78, 5) is 8.96. The van der Waals surface area contributed by atoms with Crippen molar-refractivity contribution in [2.75, 3.05) is 0 Å². The molecule has 0 spiro atoms. The third-order valence-corrected chi connectivity index (χ3v) is 6.64. The van der Waals surface area contributed by atoms with Crippen LogP contribution in [-0.2, 0) is 6.42 Å². The lowest BCUT2D eigenvalue weighted by atomic mass is 9.84. The Morgan fingerprint density at radius 1 is 1.07 bits per heavy atom. The first-order chi connectivity index (χ1) is 14.2. The third-order valence-electron chi connectivity index (χ3n) is 5.60. The maximum absolute atomic E-state index is 13.5. The van der Waals surface area contributed by atoms with E-state index in [0.29, 0.717) is 22.9 Å². The van der Waals surface area contributed by atoms with Crippen LogP contribution < -0.4 is 4.74 Å². The minimum Gasteiger partial charge on any atom is -0.457 e. The number of pyridine rings is 1. The van der Waals surface area contributed by atoms with Crippen LogP contribution in [0.2, 0.25) is 0 Å². The monoisotopic (exact) mass is 408 g/mol. The molecule has 0 unspecified atom stereocenters. The summed E-state index contributed by atoms with van der Waals surface area (Å²) in [6.07, 6.45) is 6.52. The first-order valence-electron chi connectivity index (χ1n) is 9.95. The molecule has 2 heterocycles. The number of nitrogens with zero attached hydrogens (tertiary/aromatic N) is 2. The van der Waals surface area contributed by atoms with Gasteiger partial charge >= 0.3 is 0 Å². The Bertz CT molecular complexity index is 1180. The normalized spacial score (nSPS) is 19.7. The van der Waals surface area contributed by atoms with Crippen LogP contribution in [0.15, 0.2) is 48.7 Å². The lowest BCUT2D eigenvalue weighted by Crippen LogP contribution is -2.26. The van der Waals surface area contributed by atoms with Gasteiger partial charge in [-0.1, -0.05) is 12.8 Å². The summed E-state index contributed by atoms with van der Waals surface area (Å²) in [5, 5.41) is 12.1. The SMILES string of the molecule is O[C@@H]1CCCC[C@H]1Cc1nc2ccc(Oc3ccnc4cc(F)ccc34)cc2s1. The summed E-state index contributed by atoms with van der Waals surface area (Å²) in [7, 11) is 0. The Kier molecular flexibility index (Phi) is 4.89. The van der Waals surface area contributed by atoms with Crippen LogP contribution in [0.5, 0.6) is 11.5 Å². The summed E-state index contributed by atoms with van der Waals surface area (Å²) in [5.41, 5.74) is 1.51. The number of hydrogen-bond donors (Lipinski definition) is 1. The molecule has 29 heavy (non-hydrogen) atoms. The van der Waals surface area contributed by atoms with Gasteiger partial charge in [0.2, 0.25) is 0 Å². The summed E-state index contributed by atoms with van der Waals surface area (Å²) in [6.45, 7) is 0. The van der Waals surface area contributed by atoms with Crippen molar-refractivity contribution >= 4 is 32.5 Å². The standard InChI is InChI=1S/C23H21FN2O2S/c24-15-5-7-17-19(12-15)25-10-9-21(17)28-16-6-8-18-22(13-16)29-23(26-18)11-14-3-1-2-4-20(14)27/h5-10,12-14,20,27H,1-4,11H2/t14-,20+/m0/s1. The molecule has 0 radical (unpaired) electrons. The zero-order valence-corrected chi connectivity index (χ0v) is 16.7. The van der Waals surface area contributed by atoms with Gasteiger partial charge < -0.3 is 9.84 Å². The van der Waals surface area contributed by atoms with Crippen LogP contribution in [0.1, 0.15) is 30.7 Å². The summed E-state index contributed by atoms with van der Waals surface area (Å²) in [6, 6.07) is 12.1. The molecule has 0 saturated heterocycles. The molecule has 0 aliphatic heterocycles. The molecule has 0 bridgehead atoms. The van der Waals surface area contributed by atoms with Gasteiger partial charge in [0.15, 0.2) is 0 Å². The average molecular weight is 408 g/mol. The maximum Gasteiger partial charge on any atom is 0.138 e. The minimum absolute atomic E-state index is 0.209. The molecule has 5 rings (SSSR count). The maximum atomic E-state index is 13.5. The van der Waals surface area contributed by atoms with Crippen molar-refractivity contribution in [1.82, 2.24) is 9.97 Å². The molecule has 1 fully saturated rings. The molecule has 148 valence electrons. The van der Waals surface area contributed by atoms with E-state index in [1.807, 2.05) is 18.2 Å². The van der Waals surface area contributed by atoms with E-state index >= 15 is 0 Å². The van der Waals surface area contributed by atoms with Gasteiger partial charge in [-0.15, -0.1) is 11.3 Å². The molecule has 1 aliphatic rings. The lowest BCUT2D eigenvalue weighted by molar-refractivity contribution is 0.0700. The zero-order valence-electron chi connectivity index (χ0n) is 15.8. The summed E-state index contributed by atoms with van der Waals surface area (Å²) < 4.78 is 20.6. The van der Waals surface area contributed by atoms with E-state index < -0.39 is 0 Å². The highest BCUT2D eigenvalue weighted by atomic mass is 32.1. The van der Waals surface area contributed by atoms with Gasteiger partial charge in [0.05, 0.1) is 26.8 Å². The van der Waals surface area contributed by atoms with Crippen LogP contribution in [0.25, 0.3) is 21.1 Å². The van der Waals surface area contributed by atoms with Gasteiger partial charge in [-0.3, -0.25) is 4.98 Å². The number of aromatic nitrogens is 2. The predicted octanol–water partition coefficient (Wildman–Crippen LogP) is 5.87. The largest absolute Gasteiger partial charge is 0.457 e. The molecule has 1 saturated carbocycles. The molecule has 2 aromatic heterocycles. The first-order valence-corrected chi connectivity index (χ1v) is 10.8. The van der Waals surface area contributed by atoms with Crippen LogP contribution in [0, 0.1) is 11.7 Å². The zero-order chi connectivity index (χ0) is 19.8. The predicted molar refractivity (Wildman–Crippen MR) is 113 cm³/mol.